The van der Waals surface area contributed by atoms with E-state index < -0.39 is 0 Å². The van der Waals surface area contributed by atoms with Crippen molar-refractivity contribution in [1.82, 2.24) is 0 Å². The zero-order valence-corrected chi connectivity index (χ0v) is 7.52. The van der Waals surface area contributed by atoms with E-state index in [1.807, 2.05) is 0 Å². The van der Waals surface area contributed by atoms with Gasteiger partial charge in [-0.25, -0.2) is 4.39 Å². The van der Waals surface area contributed by atoms with Crippen LogP contribution < -0.4 is 11.5 Å². The van der Waals surface area contributed by atoms with Crippen LogP contribution >= 0.6 is 0 Å². The Morgan fingerprint density at radius 2 is 2.07 bits per heavy atom. The quantitative estimate of drug-likeness (QED) is 0.420. The summed E-state index contributed by atoms with van der Waals surface area (Å²) in [6.45, 7) is 0. The summed E-state index contributed by atoms with van der Waals surface area (Å²) in [7, 11) is 0. The van der Waals surface area contributed by atoms with E-state index in [0.29, 0.717) is 12.0 Å². The lowest BCUT2D eigenvalue weighted by atomic mass is 10.1. The Labute approximate surface area is 81.1 Å². The number of benzene rings is 1. The number of halogens is 1. The molecular weight excluding hydrogens is 183 g/mol. The third-order valence-corrected chi connectivity index (χ3v) is 1.52. The molecule has 14 heavy (non-hydrogen) atoms. The Bertz CT molecular complexity index is 356. The largest absolute Gasteiger partial charge is 0.369 e. The summed E-state index contributed by atoms with van der Waals surface area (Å²) in [6, 6.07) is 6.46. The molecule has 0 aliphatic heterocycles. The summed E-state index contributed by atoms with van der Waals surface area (Å²) >= 11 is 0. The van der Waals surface area contributed by atoms with E-state index in [-0.39, 0.29) is 11.8 Å². The molecular formula is C9H11FN4. The standard InChI is InChI=1S/C9H11FN4/c10-8-4-2-1-3-7(8)5-6-13-14-9(11)12/h1-4,6H,5H2,(H4,11,12,14)/b13-6+. The van der Waals surface area contributed by atoms with Gasteiger partial charge in [0, 0.05) is 12.6 Å². The molecule has 4 nitrogen and oxygen atoms in total. The zero-order chi connectivity index (χ0) is 10.4. The number of nitrogens with zero attached hydrogens (tertiary/aromatic N) is 2. The molecule has 5 heteroatoms. The first-order chi connectivity index (χ1) is 6.70. The van der Waals surface area contributed by atoms with Crippen molar-refractivity contribution in [1.29, 1.82) is 0 Å². The third-order valence-electron chi connectivity index (χ3n) is 1.52. The fraction of sp³-hybridized carbons (Fsp3) is 0.111. The topological polar surface area (TPSA) is 76.8 Å². The van der Waals surface area contributed by atoms with E-state index >= 15 is 0 Å². The lowest BCUT2D eigenvalue weighted by molar-refractivity contribution is 0.616. The highest BCUT2D eigenvalue weighted by Crippen LogP contribution is 2.05. The van der Waals surface area contributed by atoms with Crippen molar-refractivity contribution in [2.75, 3.05) is 0 Å². The van der Waals surface area contributed by atoms with Gasteiger partial charge in [-0.05, 0) is 11.6 Å². The molecule has 0 atom stereocenters. The van der Waals surface area contributed by atoms with Crippen molar-refractivity contribution in [2.45, 2.75) is 6.42 Å². The molecule has 4 N–H and O–H groups in total. The Morgan fingerprint density at radius 1 is 1.36 bits per heavy atom. The Balaban J connectivity index is 2.58. The molecule has 0 spiro atoms. The Morgan fingerprint density at radius 3 is 2.71 bits per heavy atom. The summed E-state index contributed by atoms with van der Waals surface area (Å²) in [4.78, 5) is 0. The first kappa shape index (κ1) is 10.2. The van der Waals surface area contributed by atoms with Gasteiger partial charge in [0.1, 0.15) is 5.82 Å². The lowest BCUT2D eigenvalue weighted by Gasteiger charge is -1.96. The number of hydrogen-bond donors (Lipinski definition) is 2. The fourth-order valence-electron chi connectivity index (χ4n) is 0.911. The first-order valence-electron chi connectivity index (χ1n) is 4.04. The third kappa shape index (κ3) is 3.22. The minimum atomic E-state index is -0.261. The van der Waals surface area contributed by atoms with Gasteiger partial charge in [-0.15, -0.1) is 5.10 Å². The molecule has 0 radical (unpaired) electrons. The van der Waals surface area contributed by atoms with Gasteiger partial charge in [0.15, 0.2) is 0 Å². The van der Waals surface area contributed by atoms with Crippen LogP contribution in [0.4, 0.5) is 4.39 Å². The summed E-state index contributed by atoms with van der Waals surface area (Å²) in [5.74, 6) is -0.376. The smallest absolute Gasteiger partial charge is 0.211 e. The van der Waals surface area contributed by atoms with Crippen molar-refractivity contribution in [2.24, 2.45) is 21.7 Å². The zero-order valence-electron chi connectivity index (χ0n) is 7.52. The maximum Gasteiger partial charge on any atom is 0.211 e. The van der Waals surface area contributed by atoms with Crippen LogP contribution in [0.3, 0.4) is 0 Å². The van der Waals surface area contributed by atoms with Gasteiger partial charge in [0.2, 0.25) is 5.96 Å². The van der Waals surface area contributed by atoms with Crippen molar-refractivity contribution < 1.29 is 4.39 Å². The van der Waals surface area contributed by atoms with E-state index in [0.717, 1.165) is 0 Å². The SMILES string of the molecule is NC(N)=N/N=C/Cc1ccccc1F. The Hall–Kier alpha value is -1.91. The van der Waals surface area contributed by atoms with Crippen LogP contribution in [0.5, 0.6) is 0 Å². The molecule has 0 unspecified atom stereocenters. The number of hydrogen-bond acceptors (Lipinski definition) is 2. The van der Waals surface area contributed by atoms with Crippen LogP contribution in [-0.4, -0.2) is 12.2 Å². The van der Waals surface area contributed by atoms with Crippen LogP contribution in [0.1, 0.15) is 5.56 Å². The molecule has 0 heterocycles. The molecule has 1 aromatic carbocycles. The highest BCUT2D eigenvalue weighted by atomic mass is 19.1. The predicted octanol–water partition coefficient (Wildman–Crippen LogP) is 0.627. The molecule has 0 saturated carbocycles. The normalized spacial score (nSPS) is 10.4. The molecule has 0 amide bonds. The van der Waals surface area contributed by atoms with Crippen LogP contribution in [-0.2, 0) is 6.42 Å². The molecule has 0 saturated heterocycles. The summed E-state index contributed by atoms with van der Waals surface area (Å²) in [5.41, 5.74) is 10.6. The second kappa shape index (κ2) is 4.96. The molecule has 0 aromatic heterocycles. The summed E-state index contributed by atoms with van der Waals surface area (Å²) in [6.07, 6.45) is 1.81. The molecule has 0 aliphatic rings. The summed E-state index contributed by atoms with van der Waals surface area (Å²) < 4.78 is 13.0. The predicted molar refractivity (Wildman–Crippen MR) is 54.4 cm³/mol. The van der Waals surface area contributed by atoms with E-state index in [9.17, 15) is 4.39 Å². The van der Waals surface area contributed by atoms with Gasteiger partial charge in [-0.2, -0.15) is 5.10 Å². The maximum absolute atomic E-state index is 13.0. The Kier molecular flexibility index (Phi) is 3.60. The van der Waals surface area contributed by atoms with Gasteiger partial charge >= 0.3 is 0 Å². The maximum atomic E-state index is 13.0. The molecule has 1 aromatic rings. The first-order valence-corrected chi connectivity index (χ1v) is 4.04. The summed E-state index contributed by atoms with van der Waals surface area (Å²) in [5, 5.41) is 6.94. The fourth-order valence-corrected chi connectivity index (χ4v) is 0.911. The minimum Gasteiger partial charge on any atom is -0.369 e. The van der Waals surface area contributed by atoms with Crippen molar-refractivity contribution in [3.63, 3.8) is 0 Å². The average Bonchev–Trinajstić information content (AvgIpc) is 2.15. The van der Waals surface area contributed by atoms with E-state index in [1.54, 1.807) is 18.2 Å². The number of guanidine groups is 1. The van der Waals surface area contributed by atoms with Gasteiger partial charge in [-0.3, -0.25) is 0 Å². The molecule has 1 rings (SSSR count). The minimum absolute atomic E-state index is 0.116. The van der Waals surface area contributed by atoms with Gasteiger partial charge in [-0.1, -0.05) is 18.2 Å². The van der Waals surface area contributed by atoms with E-state index in [1.165, 1.54) is 12.3 Å². The second-order valence-corrected chi connectivity index (χ2v) is 2.62. The van der Waals surface area contributed by atoms with Crippen LogP contribution in [0.15, 0.2) is 34.5 Å². The van der Waals surface area contributed by atoms with Gasteiger partial charge in [0.25, 0.3) is 0 Å². The molecule has 0 aliphatic carbocycles. The number of nitrogens with two attached hydrogens (primary N) is 2. The molecule has 74 valence electrons. The van der Waals surface area contributed by atoms with Crippen LogP contribution in [0.25, 0.3) is 0 Å². The van der Waals surface area contributed by atoms with Crippen LogP contribution in [0, 0.1) is 5.82 Å². The van der Waals surface area contributed by atoms with Crippen molar-refractivity contribution in [3.05, 3.63) is 35.6 Å². The van der Waals surface area contributed by atoms with Gasteiger partial charge < -0.3 is 11.5 Å². The highest BCUT2D eigenvalue weighted by Gasteiger charge is 1.96. The highest BCUT2D eigenvalue weighted by molar-refractivity contribution is 5.76. The average molecular weight is 194 g/mol. The van der Waals surface area contributed by atoms with E-state index in [4.69, 9.17) is 11.5 Å². The second-order valence-electron chi connectivity index (χ2n) is 2.62. The monoisotopic (exact) mass is 194 g/mol. The lowest BCUT2D eigenvalue weighted by Crippen LogP contribution is -2.21. The van der Waals surface area contributed by atoms with Crippen molar-refractivity contribution in [3.8, 4) is 0 Å². The number of rotatable bonds is 3. The van der Waals surface area contributed by atoms with Crippen LogP contribution in [0.2, 0.25) is 0 Å². The van der Waals surface area contributed by atoms with E-state index in [2.05, 4.69) is 10.2 Å². The molecule has 0 fully saturated rings. The van der Waals surface area contributed by atoms with Crippen molar-refractivity contribution >= 4 is 12.2 Å². The van der Waals surface area contributed by atoms with Gasteiger partial charge in [0.05, 0.1) is 0 Å². The molecule has 0 bridgehead atoms.